The Morgan fingerprint density at radius 3 is 1.88 bits per heavy atom. The Morgan fingerprint density at radius 2 is 1.53 bits per heavy atom. The fourth-order valence-electron chi connectivity index (χ4n) is 2.10. The van der Waals surface area contributed by atoms with Crippen molar-refractivity contribution >= 4 is 11.6 Å². The fourth-order valence-corrected chi connectivity index (χ4v) is 2.10. The molecule has 0 amide bonds. The van der Waals surface area contributed by atoms with Crippen LogP contribution in [0.3, 0.4) is 0 Å². The van der Waals surface area contributed by atoms with Gasteiger partial charge >= 0.3 is 0 Å². The maximum Gasteiger partial charge on any atom is 0.202 e. The van der Waals surface area contributed by atoms with Crippen molar-refractivity contribution in [1.82, 2.24) is 4.90 Å². The summed E-state index contributed by atoms with van der Waals surface area (Å²) >= 11 is 0. The molecular weight excluding hydrogens is 214 g/mol. The number of nitrogens with zero attached hydrogens (tertiary/aromatic N) is 1. The molecule has 0 atom stereocenters. The van der Waals surface area contributed by atoms with Crippen LogP contribution in [-0.4, -0.2) is 30.6 Å². The Morgan fingerprint density at radius 1 is 1.00 bits per heavy atom. The highest BCUT2D eigenvalue weighted by Gasteiger charge is 2.32. The Kier molecular flexibility index (Phi) is 3.91. The Labute approximate surface area is 103 Å². The summed E-state index contributed by atoms with van der Waals surface area (Å²) in [4.78, 5) is 26.2. The van der Waals surface area contributed by atoms with Gasteiger partial charge in [0.25, 0.3) is 0 Å². The van der Waals surface area contributed by atoms with Crippen molar-refractivity contribution in [3.63, 3.8) is 0 Å². The van der Waals surface area contributed by atoms with Crippen LogP contribution in [0.1, 0.15) is 27.7 Å². The summed E-state index contributed by atoms with van der Waals surface area (Å²) in [6.07, 6.45) is 1.49. The van der Waals surface area contributed by atoms with Crippen molar-refractivity contribution in [3.8, 4) is 0 Å². The lowest BCUT2D eigenvalue weighted by molar-refractivity contribution is -0.117. The molecule has 1 aliphatic carbocycles. The molecule has 0 saturated heterocycles. The summed E-state index contributed by atoms with van der Waals surface area (Å²) in [7, 11) is 3.61. The quantitative estimate of drug-likeness (QED) is 0.704. The molecule has 0 spiro atoms. The SMILES string of the molecule is CC(C)C1=CC(=O)C(N(C)C)=C(C(C)C)C1=O. The number of likely N-dealkylation sites (N-methyl/N-ethyl adjacent to an activating group) is 1. The molecule has 0 saturated carbocycles. The topological polar surface area (TPSA) is 37.4 Å². The van der Waals surface area contributed by atoms with Gasteiger partial charge in [-0.25, -0.2) is 0 Å². The van der Waals surface area contributed by atoms with Crippen molar-refractivity contribution < 1.29 is 9.59 Å². The van der Waals surface area contributed by atoms with Gasteiger partial charge in [0, 0.05) is 25.2 Å². The average Bonchev–Trinajstić information content (AvgIpc) is 2.18. The summed E-state index contributed by atoms with van der Waals surface area (Å²) in [5, 5.41) is 0. The zero-order chi connectivity index (χ0) is 13.3. The van der Waals surface area contributed by atoms with Crippen LogP contribution < -0.4 is 0 Å². The molecule has 0 aromatic carbocycles. The monoisotopic (exact) mass is 235 g/mol. The van der Waals surface area contributed by atoms with Crippen LogP contribution in [0.25, 0.3) is 0 Å². The van der Waals surface area contributed by atoms with Crippen molar-refractivity contribution in [2.24, 2.45) is 11.8 Å². The van der Waals surface area contributed by atoms with E-state index in [9.17, 15) is 9.59 Å². The van der Waals surface area contributed by atoms with E-state index in [2.05, 4.69) is 0 Å². The van der Waals surface area contributed by atoms with Gasteiger partial charge < -0.3 is 4.90 Å². The van der Waals surface area contributed by atoms with Gasteiger partial charge in [-0.1, -0.05) is 27.7 Å². The molecule has 0 bridgehead atoms. The third kappa shape index (κ3) is 2.48. The molecule has 0 N–H and O–H groups in total. The summed E-state index contributed by atoms with van der Waals surface area (Å²) in [5.41, 5.74) is 1.81. The van der Waals surface area contributed by atoms with E-state index in [1.54, 1.807) is 19.0 Å². The minimum atomic E-state index is -0.0537. The molecule has 1 aliphatic rings. The van der Waals surface area contributed by atoms with Crippen LogP contribution in [0.15, 0.2) is 22.9 Å². The van der Waals surface area contributed by atoms with Crippen LogP contribution in [0.5, 0.6) is 0 Å². The Bertz CT molecular complexity index is 412. The van der Waals surface area contributed by atoms with Crippen LogP contribution in [0.4, 0.5) is 0 Å². The second kappa shape index (κ2) is 4.86. The third-order valence-corrected chi connectivity index (χ3v) is 2.93. The Balaban J connectivity index is 3.36. The van der Waals surface area contributed by atoms with Gasteiger partial charge in [-0.15, -0.1) is 0 Å². The largest absolute Gasteiger partial charge is 0.374 e. The molecule has 0 unspecified atom stereocenters. The lowest BCUT2D eigenvalue weighted by Gasteiger charge is -2.27. The molecule has 1 rings (SSSR count). The van der Waals surface area contributed by atoms with Crippen molar-refractivity contribution in [2.75, 3.05) is 14.1 Å². The van der Waals surface area contributed by atoms with E-state index < -0.39 is 0 Å². The van der Waals surface area contributed by atoms with Gasteiger partial charge in [-0.3, -0.25) is 9.59 Å². The van der Waals surface area contributed by atoms with Gasteiger partial charge in [0.15, 0.2) is 5.78 Å². The van der Waals surface area contributed by atoms with Crippen molar-refractivity contribution in [2.45, 2.75) is 27.7 Å². The maximum atomic E-state index is 12.4. The number of carbonyl (C=O) groups excluding carboxylic acids is 2. The molecule has 0 heterocycles. The second-order valence-electron chi connectivity index (χ2n) is 5.26. The number of Topliss-reactive ketones (excluding diaryl/α,β-unsaturated/α-hetero) is 1. The van der Waals surface area contributed by atoms with E-state index >= 15 is 0 Å². The van der Waals surface area contributed by atoms with Crippen LogP contribution in [-0.2, 0) is 9.59 Å². The average molecular weight is 235 g/mol. The zero-order valence-electron chi connectivity index (χ0n) is 11.5. The maximum absolute atomic E-state index is 12.4. The van der Waals surface area contributed by atoms with Crippen LogP contribution in [0.2, 0.25) is 0 Å². The summed E-state index contributed by atoms with van der Waals surface area (Å²) in [5.74, 6) is 0.121. The lowest BCUT2D eigenvalue weighted by Crippen LogP contribution is -2.31. The van der Waals surface area contributed by atoms with E-state index in [1.807, 2.05) is 27.7 Å². The molecule has 0 aromatic rings. The lowest BCUT2D eigenvalue weighted by atomic mass is 9.82. The van der Waals surface area contributed by atoms with Gasteiger partial charge in [-0.2, -0.15) is 0 Å². The van der Waals surface area contributed by atoms with Crippen molar-refractivity contribution in [3.05, 3.63) is 22.9 Å². The Hall–Kier alpha value is -1.38. The van der Waals surface area contributed by atoms with Gasteiger partial charge in [0.2, 0.25) is 5.78 Å². The minimum absolute atomic E-state index is 0.0262. The van der Waals surface area contributed by atoms with E-state index in [1.165, 1.54) is 6.08 Å². The van der Waals surface area contributed by atoms with E-state index in [4.69, 9.17) is 0 Å². The van der Waals surface area contributed by atoms with Crippen LogP contribution >= 0.6 is 0 Å². The first-order chi connectivity index (χ1) is 7.77. The molecule has 3 nitrogen and oxygen atoms in total. The van der Waals surface area contributed by atoms with Gasteiger partial charge in [0.05, 0.1) is 5.70 Å². The molecule has 0 aliphatic heterocycles. The minimum Gasteiger partial charge on any atom is -0.374 e. The molecular formula is C14H21NO2. The number of carbonyl (C=O) groups is 2. The smallest absolute Gasteiger partial charge is 0.202 e. The van der Waals surface area contributed by atoms with Crippen molar-refractivity contribution in [1.29, 1.82) is 0 Å². The highest BCUT2D eigenvalue weighted by molar-refractivity contribution is 6.22. The third-order valence-electron chi connectivity index (χ3n) is 2.93. The summed E-state index contributed by atoms with van der Waals surface area (Å²) in [6, 6.07) is 0. The number of allylic oxidation sites excluding steroid dienone is 3. The normalized spacial score (nSPS) is 17.1. The highest BCUT2D eigenvalue weighted by Crippen LogP contribution is 2.29. The second-order valence-corrected chi connectivity index (χ2v) is 5.26. The first kappa shape index (κ1) is 13.7. The van der Waals surface area contributed by atoms with Gasteiger partial charge in [0.1, 0.15) is 0 Å². The number of hydrogen-bond acceptors (Lipinski definition) is 3. The van der Waals surface area contributed by atoms with Gasteiger partial charge in [-0.05, 0) is 17.9 Å². The molecule has 0 aromatic heterocycles. The molecule has 0 radical (unpaired) electrons. The first-order valence-corrected chi connectivity index (χ1v) is 5.99. The summed E-state index contributed by atoms with van der Waals surface area (Å²) in [6.45, 7) is 7.78. The fraction of sp³-hybridized carbons (Fsp3) is 0.571. The first-order valence-electron chi connectivity index (χ1n) is 5.99. The molecule has 17 heavy (non-hydrogen) atoms. The number of ketones is 2. The number of hydrogen-bond donors (Lipinski definition) is 0. The van der Waals surface area contributed by atoms with Crippen LogP contribution in [0, 0.1) is 11.8 Å². The van der Waals surface area contributed by atoms with E-state index in [0.717, 1.165) is 0 Å². The standard InChI is InChI=1S/C14H21NO2/c1-8(2)10-7-11(16)13(15(5)6)12(9(3)4)14(10)17/h7-9H,1-6H3. The molecule has 94 valence electrons. The predicted octanol–water partition coefficient (Wildman–Crippen LogP) is 2.19. The summed E-state index contributed by atoms with van der Waals surface area (Å²) < 4.78 is 0. The van der Waals surface area contributed by atoms with E-state index in [0.29, 0.717) is 16.8 Å². The highest BCUT2D eigenvalue weighted by atomic mass is 16.1. The van der Waals surface area contributed by atoms with E-state index in [-0.39, 0.29) is 23.4 Å². The molecule has 0 fully saturated rings. The number of rotatable bonds is 3. The predicted molar refractivity (Wildman–Crippen MR) is 68.5 cm³/mol. The molecule has 3 heteroatoms. The zero-order valence-corrected chi connectivity index (χ0v) is 11.5.